The smallest absolute Gasteiger partial charge is 0.326 e. The molecule has 36 heavy (non-hydrogen) atoms. The summed E-state index contributed by atoms with van der Waals surface area (Å²) in [5.41, 5.74) is -0.211. The Morgan fingerprint density at radius 2 is 1.08 bits per heavy atom. The second-order valence-electron chi connectivity index (χ2n) is 10.5. The molecule has 6 fully saturated rings. The molecule has 2 amide bonds. The van der Waals surface area contributed by atoms with Gasteiger partial charge >= 0.3 is 11.9 Å². The minimum atomic E-state index is -1.08. The van der Waals surface area contributed by atoms with Crippen LogP contribution in [0.1, 0.15) is 46.7 Å². The van der Waals surface area contributed by atoms with E-state index in [0.29, 0.717) is 13.1 Å². The van der Waals surface area contributed by atoms with E-state index in [9.17, 15) is 29.4 Å². The number of carbonyl (C=O) groups is 4. The summed E-state index contributed by atoms with van der Waals surface area (Å²) in [5.74, 6) is -3.35. The second-order valence-corrected chi connectivity index (χ2v) is 10.5. The zero-order chi connectivity index (χ0) is 25.4. The van der Waals surface area contributed by atoms with Crippen molar-refractivity contribution in [2.75, 3.05) is 39.3 Å². The fourth-order valence-corrected chi connectivity index (χ4v) is 6.49. The molecule has 7 heterocycles. The van der Waals surface area contributed by atoms with Crippen molar-refractivity contribution in [1.29, 1.82) is 0 Å². The van der Waals surface area contributed by atoms with Crippen LogP contribution in [-0.4, -0.2) is 105 Å². The number of hydrogen-bond donors (Lipinski definition) is 4. The van der Waals surface area contributed by atoms with Gasteiger partial charge in [0.05, 0.1) is 0 Å². The van der Waals surface area contributed by atoms with Gasteiger partial charge in [0.2, 0.25) is 0 Å². The van der Waals surface area contributed by atoms with Gasteiger partial charge in [-0.2, -0.15) is 0 Å². The Balaban J connectivity index is 1.22. The monoisotopic (exact) mass is 500 g/mol. The van der Waals surface area contributed by atoms with Crippen LogP contribution in [0.25, 0.3) is 0 Å². The lowest BCUT2D eigenvalue weighted by Crippen LogP contribution is -2.58. The maximum Gasteiger partial charge on any atom is 0.326 e. The fraction of sp³-hybridized carbons (Fsp3) is 0.667. The first-order valence-corrected chi connectivity index (χ1v) is 12.7. The van der Waals surface area contributed by atoms with Crippen molar-refractivity contribution in [3.63, 3.8) is 0 Å². The van der Waals surface area contributed by atoms with Gasteiger partial charge in [-0.1, -0.05) is 0 Å². The van der Waals surface area contributed by atoms with Gasteiger partial charge in [0.25, 0.3) is 11.8 Å². The highest BCUT2D eigenvalue weighted by Gasteiger charge is 2.43. The highest BCUT2D eigenvalue weighted by atomic mass is 16.4. The molecule has 0 aliphatic carbocycles. The van der Waals surface area contributed by atoms with Crippen LogP contribution >= 0.6 is 0 Å². The van der Waals surface area contributed by atoms with E-state index in [-0.39, 0.29) is 35.1 Å². The highest BCUT2D eigenvalue weighted by Crippen LogP contribution is 2.35. The molecule has 4 bridgehead atoms. The van der Waals surface area contributed by atoms with Gasteiger partial charge in [0, 0.05) is 24.9 Å². The summed E-state index contributed by atoms with van der Waals surface area (Å²) in [6.07, 6.45) is 3.69. The molecule has 4 N–H and O–H groups in total. The van der Waals surface area contributed by atoms with Gasteiger partial charge in [-0.25, -0.2) is 9.59 Å². The number of carboxylic acids is 2. The van der Waals surface area contributed by atoms with Gasteiger partial charge in [-0.15, -0.1) is 10.2 Å². The summed E-state index contributed by atoms with van der Waals surface area (Å²) in [4.78, 5) is 53.9. The van der Waals surface area contributed by atoms with E-state index in [4.69, 9.17) is 0 Å². The molecule has 6 aliphatic heterocycles. The molecule has 4 atom stereocenters. The van der Waals surface area contributed by atoms with Gasteiger partial charge in [0.15, 0.2) is 11.4 Å². The molecule has 6 saturated heterocycles. The van der Waals surface area contributed by atoms with Crippen molar-refractivity contribution in [3.05, 3.63) is 23.5 Å². The Bertz CT molecular complexity index is 937. The number of nitrogens with zero attached hydrogens (tertiary/aromatic N) is 4. The standard InChI is InChI=1S/C24H32N6O6/c31-21(25-19(23(33)34)15-11-29-7-3-13(15)4-8-29)17-1-2-18(28-27-17)22(32)26-20(24(35)36)16-12-30-9-5-14(16)6-10-30/h1-2,13-16,19-20H,3-12H2,(H,25,31)(H,26,32)(H,33,34)(H,35,36)/t15-,16-,19+,20+/m0/s1. The number of nitrogens with one attached hydrogen (secondary N) is 2. The first-order chi connectivity index (χ1) is 17.3. The third-order valence-corrected chi connectivity index (χ3v) is 8.50. The summed E-state index contributed by atoms with van der Waals surface area (Å²) in [6, 6.07) is 0.537. The van der Waals surface area contributed by atoms with Gasteiger partial charge in [-0.05, 0) is 75.8 Å². The third-order valence-electron chi connectivity index (χ3n) is 8.50. The number of aromatic nitrogens is 2. The van der Waals surface area contributed by atoms with E-state index in [1.165, 1.54) is 12.1 Å². The van der Waals surface area contributed by atoms with E-state index in [1.54, 1.807) is 0 Å². The first-order valence-electron chi connectivity index (χ1n) is 12.7. The Morgan fingerprint density at radius 1 is 0.722 bits per heavy atom. The van der Waals surface area contributed by atoms with Gasteiger partial charge < -0.3 is 30.6 Å². The molecule has 12 heteroatoms. The predicted molar refractivity (Wildman–Crippen MR) is 125 cm³/mol. The number of piperidine rings is 6. The Labute approximate surface area is 208 Å². The maximum absolute atomic E-state index is 12.8. The molecular formula is C24H32N6O6. The predicted octanol–water partition coefficient (Wildman–Crippen LogP) is -0.474. The summed E-state index contributed by atoms with van der Waals surface area (Å²) in [7, 11) is 0. The van der Waals surface area contributed by atoms with Crippen molar-refractivity contribution in [2.45, 2.75) is 37.8 Å². The number of amides is 2. The number of carbonyl (C=O) groups excluding carboxylic acids is 2. The fourth-order valence-electron chi connectivity index (χ4n) is 6.49. The molecule has 7 rings (SSSR count). The van der Waals surface area contributed by atoms with Crippen molar-refractivity contribution >= 4 is 23.8 Å². The zero-order valence-electron chi connectivity index (χ0n) is 20.0. The van der Waals surface area contributed by atoms with E-state index in [0.717, 1.165) is 51.9 Å². The number of aliphatic carboxylic acids is 2. The quantitative estimate of drug-likeness (QED) is 0.366. The van der Waals surface area contributed by atoms with Crippen LogP contribution in [0.3, 0.4) is 0 Å². The largest absolute Gasteiger partial charge is 0.480 e. The van der Waals surface area contributed by atoms with E-state index >= 15 is 0 Å². The summed E-state index contributed by atoms with van der Waals surface area (Å²) >= 11 is 0. The lowest BCUT2D eigenvalue weighted by Gasteiger charge is -2.46. The molecule has 0 aromatic carbocycles. The molecule has 1 aromatic rings. The number of carboxylic acid groups (broad SMARTS) is 2. The van der Waals surface area contributed by atoms with Crippen molar-refractivity contribution < 1.29 is 29.4 Å². The minimum Gasteiger partial charge on any atom is -0.480 e. The van der Waals surface area contributed by atoms with E-state index in [2.05, 4.69) is 30.6 Å². The Kier molecular flexibility index (Phi) is 6.89. The molecule has 12 nitrogen and oxygen atoms in total. The van der Waals surface area contributed by atoms with Crippen LogP contribution < -0.4 is 10.6 Å². The SMILES string of the molecule is O=C(N[C@@H](C(=O)O)[C@H]1CN2CCC1CC2)c1ccc(C(=O)N[C@@H](C(=O)O)[C@H]2CN3CCC2CC3)nn1. The summed E-state index contributed by atoms with van der Waals surface area (Å²) < 4.78 is 0. The lowest BCUT2D eigenvalue weighted by molar-refractivity contribution is -0.143. The topological polar surface area (TPSA) is 165 Å². The molecular weight excluding hydrogens is 468 g/mol. The Hall–Kier alpha value is -3.12. The van der Waals surface area contributed by atoms with Crippen LogP contribution in [0.5, 0.6) is 0 Å². The lowest BCUT2D eigenvalue weighted by atomic mass is 9.75. The van der Waals surface area contributed by atoms with Crippen LogP contribution in [0.2, 0.25) is 0 Å². The Morgan fingerprint density at radius 3 is 1.33 bits per heavy atom. The third kappa shape index (κ3) is 4.92. The highest BCUT2D eigenvalue weighted by molar-refractivity contribution is 5.97. The normalized spacial score (nSPS) is 32.3. The summed E-state index contributed by atoms with van der Waals surface area (Å²) in [6.45, 7) is 5.10. The van der Waals surface area contributed by atoms with Crippen LogP contribution in [-0.2, 0) is 9.59 Å². The van der Waals surface area contributed by atoms with Crippen LogP contribution in [0, 0.1) is 23.7 Å². The molecule has 0 unspecified atom stereocenters. The number of rotatable bonds is 8. The summed E-state index contributed by atoms with van der Waals surface area (Å²) in [5, 5.41) is 32.4. The molecule has 0 spiro atoms. The number of fused-ring (bicyclic) bond motifs is 6. The first kappa shape index (κ1) is 24.6. The number of hydrogen-bond acceptors (Lipinski definition) is 8. The minimum absolute atomic E-state index is 0.105. The van der Waals surface area contributed by atoms with Crippen molar-refractivity contribution in [3.8, 4) is 0 Å². The molecule has 194 valence electrons. The molecule has 0 saturated carbocycles. The van der Waals surface area contributed by atoms with Gasteiger partial charge in [0.1, 0.15) is 12.1 Å². The zero-order valence-corrected chi connectivity index (χ0v) is 20.0. The van der Waals surface area contributed by atoms with E-state index < -0.39 is 35.8 Å². The second kappa shape index (κ2) is 10.1. The average Bonchev–Trinajstić information content (AvgIpc) is 2.91. The maximum atomic E-state index is 12.8. The van der Waals surface area contributed by atoms with Crippen molar-refractivity contribution in [2.24, 2.45) is 23.7 Å². The van der Waals surface area contributed by atoms with E-state index in [1.807, 2.05) is 0 Å². The van der Waals surface area contributed by atoms with Crippen LogP contribution in [0.15, 0.2) is 12.1 Å². The van der Waals surface area contributed by atoms with Gasteiger partial charge in [-0.3, -0.25) is 9.59 Å². The molecule has 0 radical (unpaired) electrons. The molecule has 1 aromatic heterocycles. The van der Waals surface area contributed by atoms with Crippen molar-refractivity contribution in [1.82, 2.24) is 30.6 Å². The van der Waals surface area contributed by atoms with Crippen LogP contribution in [0.4, 0.5) is 0 Å². The molecule has 6 aliphatic rings. The average molecular weight is 501 g/mol.